The molecule has 3 rings (SSSR count). The molecule has 152 valence electrons. The third-order valence-electron chi connectivity index (χ3n) is 3.97. The first-order valence-electron chi connectivity index (χ1n) is 8.89. The highest BCUT2D eigenvalue weighted by molar-refractivity contribution is 7.13. The van der Waals surface area contributed by atoms with Crippen molar-refractivity contribution < 1.29 is 22.7 Å². The second-order valence-corrected chi connectivity index (χ2v) is 7.49. The number of aromatic nitrogens is 1. The summed E-state index contributed by atoms with van der Waals surface area (Å²) in [6.07, 6.45) is -4.42. The maximum atomic E-state index is 13.1. The Labute approximate surface area is 170 Å². The molecule has 0 spiro atoms. The lowest BCUT2D eigenvalue weighted by Crippen LogP contribution is -2.30. The Balaban J connectivity index is 1.68. The molecular weight excluding hydrogens is 401 g/mol. The zero-order chi connectivity index (χ0) is 21.0. The molecule has 2 aromatic carbocycles. The smallest absolute Gasteiger partial charge is 0.416 e. The van der Waals surface area contributed by atoms with Crippen LogP contribution >= 0.6 is 11.3 Å². The predicted octanol–water partition coefficient (Wildman–Crippen LogP) is 5.55. The molecule has 0 radical (unpaired) electrons. The third-order valence-corrected chi connectivity index (χ3v) is 4.87. The second-order valence-electron chi connectivity index (χ2n) is 6.63. The van der Waals surface area contributed by atoms with Gasteiger partial charge in [-0.2, -0.15) is 13.2 Å². The molecule has 0 aliphatic carbocycles. The molecule has 0 atom stereocenters. The van der Waals surface area contributed by atoms with Crippen LogP contribution in [0.1, 0.15) is 35.5 Å². The fourth-order valence-corrected chi connectivity index (χ4v) is 3.43. The summed E-state index contributed by atoms with van der Waals surface area (Å²) in [5, 5.41) is 5.15. The van der Waals surface area contributed by atoms with Gasteiger partial charge in [-0.05, 0) is 44.2 Å². The number of rotatable bonds is 6. The van der Waals surface area contributed by atoms with Crippen molar-refractivity contribution in [2.24, 2.45) is 0 Å². The first-order chi connectivity index (χ1) is 13.7. The third kappa shape index (κ3) is 5.35. The number of nitrogens with zero attached hydrogens (tertiary/aromatic N) is 1. The minimum Gasteiger partial charge on any atom is -0.489 e. The SMILES string of the molecule is CC(C)NC(=O)c1csc(-c2ccc(OCc3ccccc3C(F)(F)F)cc2)n1. The van der Waals surface area contributed by atoms with Gasteiger partial charge < -0.3 is 10.1 Å². The number of thiazole rings is 1. The first kappa shape index (κ1) is 20.9. The number of alkyl halides is 3. The Morgan fingerprint density at radius 2 is 1.83 bits per heavy atom. The minimum atomic E-state index is -4.42. The maximum absolute atomic E-state index is 13.1. The van der Waals surface area contributed by atoms with Crippen molar-refractivity contribution in [3.05, 3.63) is 70.7 Å². The fraction of sp³-hybridized carbons (Fsp3) is 0.238. The summed E-state index contributed by atoms with van der Waals surface area (Å²) in [4.78, 5) is 16.3. The molecule has 0 aliphatic heterocycles. The van der Waals surface area contributed by atoms with Crippen LogP contribution in [0, 0.1) is 0 Å². The Morgan fingerprint density at radius 3 is 2.48 bits per heavy atom. The lowest BCUT2D eigenvalue weighted by atomic mass is 10.1. The fourth-order valence-electron chi connectivity index (χ4n) is 2.62. The van der Waals surface area contributed by atoms with Gasteiger partial charge in [-0.25, -0.2) is 4.98 Å². The number of halogens is 3. The molecule has 4 nitrogen and oxygen atoms in total. The van der Waals surface area contributed by atoms with Crippen molar-refractivity contribution in [3.8, 4) is 16.3 Å². The van der Waals surface area contributed by atoms with Gasteiger partial charge in [-0.3, -0.25) is 4.79 Å². The van der Waals surface area contributed by atoms with Crippen LogP contribution in [-0.2, 0) is 12.8 Å². The summed E-state index contributed by atoms with van der Waals surface area (Å²) >= 11 is 1.34. The molecule has 29 heavy (non-hydrogen) atoms. The van der Waals surface area contributed by atoms with Crippen LogP contribution in [0.5, 0.6) is 5.75 Å². The Hall–Kier alpha value is -2.87. The molecule has 0 fully saturated rings. The molecule has 3 aromatic rings. The van der Waals surface area contributed by atoms with Gasteiger partial charge in [-0.15, -0.1) is 11.3 Å². The van der Waals surface area contributed by atoms with Crippen LogP contribution in [-0.4, -0.2) is 16.9 Å². The van der Waals surface area contributed by atoms with E-state index in [9.17, 15) is 18.0 Å². The van der Waals surface area contributed by atoms with Crippen LogP contribution in [0.2, 0.25) is 0 Å². The number of hydrogen-bond acceptors (Lipinski definition) is 4. The van der Waals surface area contributed by atoms with Crippen LogP contribution in [0.25, 0.3) is 10.6 Å². The van der Waals surface area contributed by atoms with Gasteiger partial charge >= 0.3 is 6.18 Å². The van der Waals surface area contributed by atoms with Crippen LogP contribution < -0.4 is 10.1 Å². The van der Waals surface area contributed by atoms with E-state index in [1.165, 1.54) is 23.5 Å². The number of hydrogen-bond donors (Lipinski definition) is 1. The molecule has 0 saturated heterocycles. The Bertz CT molecular complexity index is 982. The van der Waals surface area contributed by atoms with Crippen molar-refractivity contribution in [1.29, 1.82) is 0 Å². The number of amides is 1. The van der Waals surface area contributed by atoms with Gasteiger partial charge in [0.15, 0.2) is 0 Å². The summed E-state index contributed by atoms with van der Waals surface area (Å²) in [6, 6.07) is 12.2. The summed E-state index contributed by atoms with van der Waals surface area (Å²) in [5.74, 6) is 0.214. The van der Waals surface area contributed by atoms with Crippen molar-refractivity contribution in [2.75, 3.05) is 0 Å². The van der Waals surface area contributed by atoms with Crippen molar-refractivity contribution >= 4 is 17.2 Å². The van der Waals surface area contributed by atoms with Gasteiger partial charge in [-0.1, -0.05) is 18.2 Å². The van der Waals surface area contributed by atoms with Gasteiger partial charge in [0.05, 0.1) is 5.56 Å². The summed E-state index contributed by atoms with van der Waals surface area (Å²) in [6.45, 7) is 3.56. The average molecular weight is 420 g/mol. The molecule has 0 unspecified atom stereocenters. The zero-order valence-electron chi connectivity index (χ0n) is 15.8. The first-order valence-corrected chi connectivity index (χ1v) is 9.76. The summed E-state index contributed by atoms with van der Waals surface area (Å²) in [7, 11) is 0. The van der Waals surface area contributed by atoms with E-state index in [4.69, 9.17) is 4.74 Å². The number of nitrogens with one attached hydrogen (secondary N) is 1. The number of ether oxygens (including phenoxy) is 1. The lowest BCUT2D eigenvalue weighted by molar-refractivity contribution is -0.138. The molecule has 0 aliphatic rings. The topological polar surface area (TPSA) is 51.2 Å². The Kier molecular flexibility index (Phi) is 6.22. The second kappa shape index (κ2) is 8.65. The van der Waals surface area contributed by atoms with Crippen molar-refractivity contribution in [1.82, 2.24) is 10.3 Å². The normalized spacial score (nSPS) is 11.5. The molecule has 1 heterocycles. The molecule has 1 amide bonds. The van der Waals surface area contributed by atoms with Crippen LogP contribution in [0.3, 0.4) is 0 Å². The minimum absolute atomic E-state index is 0.0200. The summed E-state index contributed by atoms with van der Waals surface area (Å²) < 4.78 is 44.7. The highest BCUT2D eigenvalue weighted by atomic mass is 32.1. The van der Waals surface area contributed by atoms with Crippen LogP contribution in [0.4, 0.5) is 13.2 Å². The van der Waals surface area contributed by atoms with Crippen molar-refractivity contribution in [2.45, 2.75) is 32.7 Å². The molecule has 1 N–H and O–H groups in total. The van der Waals surface area contributed by atoms with Crippen LogP contribution in [0.15, 0.2) is 53.9 Å². The largest absolute Gasteiger partial charge is 0.489 e. The van der Waals surface area contributed by atoms with E-state index in [2.05, 4.69) is 10.3 Å². The standard InChI is InChI=1S/C21H19F3N2O2S/c1-13(2)25-19(27)18-12-29-20(26-18)14-7-9-16(10-8-14)28-11-15-5-3-4-6-17(15)21(22,23)24/h3-10,12-13H,11H2,1-2H3,(H,25,27). The number of carbonyl (C=O) groups is 1. The maximum Gasteiger partial charge on any atom is 0.416 e. The molecular formula is C21H19F3N2O2S. The quantitative estimate of drug-likeness (QED) is 0.569. The lowest BCUT2D eigenvalue weighted by Gasteiger charge is -2.13. The molecule has 0 bridgehead atoms. The van der Waals surface area contributed by atoms with Crippen molar-refractivity contribution in [3.63, 3.8) is 0 Å². The van der Waals surface area contributed by atoms with E-state index in [0.29, 0.717) is 16.5 Å². The highest BCUT2D eigenvalue weighted by Gasteiger charge is 2.32. The van der Waals surface area contributed by atoms with E-state index < -0.39 is 11.7 Å². The number of carbonyl (C=O) groups excluding carboxylic acids is 1. The average Bonchev–Trinajstić information content (AvgIpc) is 3.16. The van der Waals surface area contributed by atoms with E-state index in [0.717, 1.165) is 11.6 Å². The van der Waals surface area contributed by atoms with Gasteiger partial charge in [0.1, 0.15) is 23.1 Å². The Morgan fingerprint density at radius 1 is 1.14 bits per heavy atom. The number of benzene rings is 2. The van der Waals surface area contributed by atoms with Gasteiger partial charge in [0, 0.05) is 22.5 Å². The highest BCUT2D eigenvalue weighted by Crippen LogP contribution is 2.32. The summed E-state index contributed by atoms with van der Waals surface area (Å²) in [5.41, 5.74) is 0.515. The van der Waals surface area contributed by atoms with E-state index in [1.54, 1.807) is 35.7 Å². The monoisotopic (exact) mass is 420 g/mol. The zero-order valence-corrected chi connectivity index (χ0v) is 16.6. The molecule has 1 aromatic heterocycles. The van der Waals surface area contributed by atoms with Gasteiger partial charge in [0.2, 0.25) is 0 Å². The predicted molar refractivity (Wildman–Crippen MR) is 106 cm³/mol. The molecule has 0 saturated carbocycles. The van der Waals surface area contributed by atoms with Gasteiger partial charge in [0.25, 0.3) is 5.91 Å². The van der Waals surface area contributed by atoms with E-state index >= 15 is 0 Å². The van der Waals surface area contributed by atoms with E-state index in [1.807, 2.05) is 13.8 Å². The molecule has 8 heteroatoms. The van der Waals surface area contributed by atoms with E-state index in [-0.39, 0.29) is 24.1 Å².